The summed E-state index contributed by atoms with van der Waals surface area (Å²) < 4.78 is 0. The van der Waals surface area contributed by atoms with Crippen LogP contribution in [0.2, 0.25) is 0 Å². The van der Waals surface area contributed by atoms with Crippen LogP contribution >= 0.6 is 12.6 Å². The number of rotatable bonds is 10. The number of nitrogens with two attached hydrogens (primary N) is 1. The van der Waals surface area contributed by atoms with Gasteiger partial charge in [-0.3, -0.25) is 5.84 Å². The average molecular weight is 256 g/mol. The first-order valence-corrected chi connectivity index (χ1v) is 7.21. The van der Waals surface area contributed by atoms with E-state index >= 15 is 0 Å². The summed E-state index contributed by atoms with van der Waals surface area (Å²) in [5.41, 5.74) is 1.54. The van der Waals surface area contributed by atoms with Crippen molar-refractivity contribution < 1.29 is 0 Å². The molecule has 0 aromatic rings. The standard InChI is InChI=1S/C14H28N2S/c1-4-7-8-9-13(5-2)10-11-14(6-3)16(15)12-17/h5-6,14,17H,3-4,7-12,15H2,1-2H3/b13-5+/t14-/m1/s1. The first-order valence-electron chi connectivity index (χ1n) is 6.58. The largest absolute Gasteiger partial charge is 0.267 e. The molecule has 0 rings (SSSR count). The molecule has 0 bridgehead atoms. The van der Waals surface area contributed by atoms with Crippen molar-refractivity contribution in [1.29, 1.82) is 0 Å². The van der Waals surface area contributed by atoms with Crippen molar-refractivity contribution in [3.05, 3.63) is 24.3 Å². The quantitative estimate of drug-likeness (QED) is 0.155. The van der Waals surface area contributed by atoms with E-state index < -0.39 is 0 Å². The van der Waals surface area contributed by atoms with E-state index in [-0.39, 0.29) is 6.04 Å². The molecule has 0 fully saturated rings. The van der Waals surface area contributed by atoms with Gasteiger partial charge in [-0.15, -0.1) is 6.58 Å². The van der Waals surface area contributed by atoms with Gasteiger partial charge < -0.3 is 0 Å². The van der Waals surface area contributed by atoms with Crippen LogP contribution in [0.4, 0.5) is 0 Å². The molecule has 0 saturated heterocycles. The Kier molecular flexibility index (Phi) is 10.7. The van der Waals surface area contributed by atoms with Crippen molar-refractivity contribution in [2.45, 2.75) is 58.4 Å². The molecular formula is C14H28N2S. The minimum Gasteiger partial charge on any atom is -0.267 e. The van der Waals surface area contributed by atoms with Gasteiger partial charge in [-0.25, -0.2) is 5.01 Å². The molecule has 0 heterocycles. The predicted octanol–water partition coefficient (Wildman–Crippen LogP) is 3.91. The molecule has 100 valence electrons. The Morgan fingerprint density at radius 1 is 1.41 bits per heavy atom. The summed E-state index contributed by atoms with van der Waals surface area (Å²) in [7, 11) is 0. The van der Waals surface area contributed by atoms with Crippen molar-refractivity contribution in [2.75, 3.05) is 5.88 Å². The third kappa shape index (κ3) is 7.63. The predicted molar refractivity (Wildman–Crippen MR) is 81.0 cm³/mol. The maximum absolute atomic E-state index is 5.84. The Hall–Kier alpha value is -0.250. The summed E-state index contributed by atoms with van der Waals surface area (Å²) in [5.74, 6) is 6.41. The zero-order valence-corrected chi connectivity index (χ0v) is 12.3. The SMILES string of the molecule is C=C[C@H](CC/C(=C/C)CCCCC)N(N)CS. The Balaban J connectivity index is 3.99. The van der Waals surface area contributed by atoms with Crippen LogP contribution in [0.25, 0.3) is 0 Å². The van der Waals surface area contributed by atoms with Gasteiger partial charge in [-0.2, -0.15) is 12.6 Å². The topological polar surface area (TPSA) is 29.3 Å². The highest BCUT2D eigenvalue weighted by Gasteiger charge is 2.10. The molecule has 0 aliphatic heterocycles. The number of hydrogen-bond donors (Lipinski definition) is 2. The van der Waals surface area contributed by atoms with Crippen LogP contribution in [0.3, 0.4) is 0 Å². The number of allylic oxidation sites excluding steroid dienone is 2. The molecule has 0 aromatic carbocycles. The third-order valence-electron chi connectivity index (χ3n) is 3.13. The smallest absolute Gasteiger partial charge is 0.0561 e. The second-order valence-corrected chi connectivity index (χ2v) is 4.68. The molecule has 0 saturated carbocycles. The molecule has 3 heteroatoms. The summed E-state index contributed by atoms with van der Waals surface area (Å²) in [6.45, 7) is 8.20. The monoisotopic (exact) mass is 256 g/mol. The Morgan fingerprint density at radius 3 is 2.59 bits per heavy atom. The van der Waals surface area contributed by atoms with E-state index in [1.165, 1.54) is 31.3 Å². The molecule has 17 heavy (non-hydrogen) atoms. The van der Waals surface area contributed by atoms with Crippen molar-refractivity contribution in [3.63, 3.8) is 0 Å². The number of hydrazine groups is 1. The molecule has 0 spiro atoms. The Labute approximate surface area is 112 Å². The van der Waals surface area contributed by atoms with E-state index in [4.69, 9.17) is 5.84 Å². The minimum atomic E-state index is 0.230. The van der Waals surface area contributed by atoms with Crippen molar-refractivity contribution in [2.24, 2.45) is 5.84 Å². The van der Waals surface area contributed by atoms with Crippen LogP contribution in [0.15, 0.2) is 24.3 Å². The average Bonchev–Trinajstić information content (AvgIpc) is 2.36. The van der Waals surface area contributed by atoms with Gasteiger partial charge in [0.05, 0.1) is 5.88 Å². The first-order chi connectivity index (χ1) is 8.19. The van der Waals surface area contributed by atoms with Crippen LogP contribution in [0.5, 0.6) is 0 Å². The maximum Gasteiger partial charge on any atom is 0.0561 e. The van der Waals surface area contributed by atoms with Gasteiger partial charge in [-0.05, 0) is 32.6 Å². The summed E-state index contributed by atoms with van der Waals surface area (Å²) >= 11 is 4.18. The van der Waals surface area contributed by atoms with E-state index in [1.807, 2.05) is 6.08 Å². The number of thiol groups is 1. The summed E-state index contributed by atoms with van der Waals surface area (Å²) in [4.78, 5) is 0. The minimum absolute atomic E-state index is 0.230. The second kappa shape index (κ2) is 10.9. The van der Waals surface area contributed by atoms with Gasteiger partial charge in [-0.1, -0.05) is 37.5 Å². The third-order valence-corrected chi connectivity index (χ3v) is 3.46. The fourth-order valence-electron chi connectivity index (χ4n) is 1.87. The lowest BCUT2D eigenvalue weighted by Crippen LogP contribution is -2.38. The summed E-state index contributed by atoms with van der Waals surface area (Å²) in [6, 6.07) is 0.230. The lowest BCUT2D eigenvalue weighted by Gasteiger charge is -2.23. The lowest BCUT2D eigenvalue weighted by atomic mass is 10.00. The molecule has 0 unspecified atom stereocenters. The second-order valence-electron chi connectivity index (χ2n) is 4.40. The van der Waals surface area contributed by atoms with Crippen LogP contribution in [0, 0.1) is 0 Å². The van der Waals surface area contributed by atoms with Gasteiger partial charge in [0, 0.05) is 6.04 Å². The lowest BCUT2D eigenvalue weighted by molar-refractivity contribution is 0.268. The van der Waals surface area contributed by atoms with E-state index in [9.17, 15) is 0 Å². The molecule has 2 N–H and O–H groups in total. The van der Waals surface area contributed by atoms with Crippen LogP contribution in [0.1, 0.15) is 52.4 Å². The maximum atomic E-state index is 5.84. The van der Waals surface area contributed by atoms with Gasteiger partial charge >= 0.3 is 0 Å². The Bertz CT molecular complexity index is 226. The van der Waals surface area contributed by atoms with Crippen LogP contribution < -0.4 is 5.84 Å². The molecule has 0 amide bonds. The fourth-order valence-corrected chi connectivity index (χ4v) is 2.08. The highest BCUT2D eigenvalue weighted by molar-refractivity contribution is 7.80. The zero-order valence-electron chi connectivity index (χ0n) is 11.4. The normalized spacial score (nSPS) is 14.1. The first kappa shape index (κ1) is 16.8. The van der Waals surface area contributed by atoms with E-state index in [0.29, 0.717) is 5.88 Å². The van der Waals surface area contributed by atoms with E-state index in [2.05, 4.69) is 39.1 Å². The van der Waals surface area contributed by atoms with Crippen molar-refractivity contribution in [3.8, 4) is 0 Å². The molecule has 0 aliphatic rings. The number of nitrogens with zero attached hydrogens (tertiary/aromatic N) is 1. The Morgan fingerprint density at radius 2 is 2.12 bits per heavy atom. The van der Waals surface area contributed by atoms with Crippen molar-refractivity contribution in [1.82, 2.24) is 5.01 Å². The van der Waals surface area contributed by atoms with Gasteiger partial charge in [0.2, 0.25) is 0 Å². The summed E-state index contributed by atoms with van der Waals surface area (Å²) in [5, 5.41) is 1.73. The zero-order chi connectivity index (χ0) is 13.1. The molecule has 0 aromatic heterocycles. The molecule has 2 nitrogen and oxygen atoms in total. The van der Waals surface area contributed by atoms with E-state index in [1.54, 1.807) is 5.01 Å². The van der Waals surface area contributed by atoms with Gasteiger partial charge in [0.1, 0.15) is 0 Å². The number of unbranched alkanes of at least 4 members (excludes halogenated alkanes) is 2. The molecule has 0 aliphatic carbocycles. The van der Waals surface area contributed by atoms with Gasteiger partial charge in [0.15, 0.2) is 0 Å². The highest BCUT2D eigenvalue weighted by atomic mass is 32.1. The number of hydrogen-bond acceptors (Lipinski definition) is 3. The molecule has 0 radical (unpaired) electrons. The fraction of sp³-hybridized carbons (Fsp3) is 0.714. The molecular weight excluding hydrogens is 228 g/mol. The van der Waals surface area contributed by atoms with E-state index in [0.717, 1.165) is 12.8 Å². The highest BCUT2D eigenvalue weighted by Crippen LogP contribution is 2.17. The van der Waals surface area contributed by atoms with Gasteiger partial charge in [0.25, 0.3) is 0 Å². The van der Waals surface area contributed by atoms with Crippen LogP contribution in [-0.2, 0) is 0 Å². The molecule has 1 atom stereocenters. The van der Waals surface area contributed by atoms with Crippen molar-refractivity contribution >= 4 is 12.6 Å². The van der Waals surface area contributed by atoms with Crippen LogP contribution in [-0.4, -0.2) is 16.9 Å². The summed E-state index contributed by atoms with van der Waals surface area (Å²) in [6.07, 6.45) is 11.4.